The van der Waals surface area contributed by atoms with E-state index in [-0.39, 0.29) is 24.6 Å². The van der Waals surface area contributed by atoms with E-state index in [1.807, 2.05) is 54.6 Å². The monoisotopic (exact) mass is 398 g/mol. The normalized spacial score (nSPS) is 19.9. The average Bonchev–Trinajstić information content (AvgIpc) is 2.79. The molecule has 3 aromatic rings. The number of hydrogen-bond acceptors (Lipinski definition) is 4. The molecular formula is C26H26N2O2. The molecule has 3 atom stereocenters. The summed E-state index contributed by atoms with van der Waals surface area (Å²) in [5, 5.41) is 16.7. The van der Waals surface area contributed by atoms with Gasteiger partial charge in [0.25, 0.3) is 0 Å². The lowest BCUT2D eigenvalue weighted by Crippen LogP contribution is -2.63. The van der Waals surface area contributed by atoms with E-state index in [4.69, 9.17) is 4.74 Å². The van der Waals surface area contributed by atoms with Crippen molar-refractivity contribution in [2.45, 2.75) is 18.0 Å². The number of methoxy groups -OCH3 is 1. The van der Waals surface area contributed by atoms with Crippen molar-refractivity contribution in [1.29, 1.82) is 0 Å². The van der Waals surface area contributed by atoms with Gasteiger partial charge in [-0.3, -0.25) is 0 Å². The minimum Gasteiger partial charge on any atom is -0.497 e. The maximum Gasteiger partial charge on any atom is 0.119 e. The molecule has 0 spiro atoms. The SMILES string of the molecule is COc1ccc(NC[C@@H]2N[C@H](CO)[C@@H]2c2ccc(C#Cc3ccccc3)cc2)cc1. The van der Waals surface area contributed by atoms with Gasteiger partial charge in [-0.15, -0.1) is 0 Å². The fraction of sp³-hybridized carbons (Fsp3) is 0.231. The van der Waals surface area contributed by atoms with Gasteiger partial charge in [-0.2, -0.15) is 0 Å². The van der Waals surface area contributed by atoms with Crippen LogP contribution in [0.5, 0.6) is 5.75 Å². The molecule has 4 nitrogen and oxygen atoms in total. The van der Waals surface area contributed by atoms with Crippen molar-refractivity contribution in [2.75, 3.05) is 25.6 Å². The molecule has 152 valence electrons. The molecule has 1 aliphatic rings. The van der Waals surface area contributed by atoms with E-state index in [1.165, 1.54) is 5.56 Å². The summed E-state index contributed by atoms with van der Waals surface area (Å²) in [6.07, 6.45) is 0. The molecule has 4 rings (SSSR count). The molecule has 0 amide bonds. The first-order valence-corrected chi connectivity index (χ1v) is 10.2. The predicted octanol–water partition coefficient (Wildman–Crippen LogP) is 3.62. The summed E-state index contributed by atoms with van der Waals surface area (Å²) < 4.78 is 5.21. The Morgan fingerprint density at radius 2 is 1.53 bits per heavy atom. The summed E-state index contributed by atoms with van der Waals surface area (Å²) in [5.41, 5.74) is 4.27. The summed E-state index contributed by atoms with van der Waals surface area (Å²) in [7, 11) is 1.67. The maximum atomic E-state index is 9.72. The van der Waals surface area contributed by atoms with Crippen molar-refractivity contribution in [3.8, 4) is 17.6 Å². The first kappa shape index (κ1) is 20.0. The minimum absolute atomic E-state index is 0.0777. The fourth-order valence-electron chi connectivity index (χ4n) is 3.85. The molecule has 0 unspecified atom stereocenters. The number of aliphatic hydroxyl groups is 1. The maximum absolute atomic E-state index is 9.72. The largest absolute Gasteiger partial charge is 0.497 e. The predicted molar refractivity (Wildman–Crippen MR) is 121 cm³/mol. The van der Waals surface area contributed by atoms with Gasteiger partial charge in [-0.1, -0.05) is 42.2 Å². The second-order valence-electron chi connectivity index (χ2n) is 7.44. The molecule has 0 saturated carbocycles. The molecule has 1 aliphatic heterocycles. The third kappa shape index (κ3) is 4.65. The van der Waals surface area contributed by atoms with Gasteiger partial charge in [0.1, 0.15) is 5.75 Å². The van der Waals surface area contributed by atoms with Gasteiger partial charge in [0.2, 0.25) is 0 Å². The Kier molecular flexibility index (Phi) is 6.34. The van der Waals surface area contributed by atoms with Crippen LogP contribution < -0.4 is 15.4 Å². The molecule has 4 heteroatoms. The third-order valence-electron chi connectivity index (χ3n) is 5.53. The van der Waals surface area contributed by atoms with Crippen LogP contribution in [0.3, 0.4) is 0 Å². The lowest BCUT2D eigenvalue weighted by molar-refractivity contribution is 0.133. The van der Waals surface area contributed by atoms with E-state index < -0.39 is 0 Å². The van der Waals surface area contributed by atoms with Gasteiger partial charge >= 0.3 is 0 Å². The number of anilines is 1. The number of rotatable bonds is 6. The standard InChI is InChI=1S/C26H26N2O2/c1-30-23-15-13-22(14-16-23)27-17-24-26(25(18-29)28-24)21-11-9-20(10-12-21)8-7-19-5-3-2-4-6-19/h2-6,9-16,24-29H,17-18H2,1H3/t24-,25+,26+/m0/s1. The van der Waals surface area contributed by atoms with Crippen molar-refractivity contribution < 1.29 is 9.84 Å². The lowest BCUT2D eigenvalue weighted by atomic mass is 9.77. The number of benzene rings is 3. The van der Waals surface area contributed by atoms with Crippen LogP contribution in [0, 0.1) is 11.8 Å². The molecule has 0 radical (unpaired) electrons. The highest BCUT2D eigenvalue weighted by molar-refractivity contribution is 5.47. The molecule has 30 heavy (non-hydrogen) atoms. The average molecular weight is 399 g/mol. The zero-order valence-electron chi connectivity index (χ0n) is 17.0. The number of aliphatic hydroxyl groups excluding tert-OH is 1. The third-order valence-corrected chi connectivity index (χ3v) is 5.53. The molecular weight excluding hydrogens is 372 g/mol. The van der Waals surface area contributed by atoms with E-state index in [0.717, 1.165) is 29.1 Å². The van der Waals surface area contributed by atoms with Crippen LogP contribution in [0.25, 0.3) is 0 Å². The summed E-state index contributed by atoms with van der Waals surface area (Å²) in [4.78, 5) is 0. The molecule has 1 fully saturated rings. The van der Waals surface area contributed by atoms with Crippen molar-refractivity contribution in [3.05, 3.63) is 95.6 Å². The van der Waals surface area contributed by atoms with Crippen LogP contribution in [0.1, 0.15) is 22.6 Å². The minimum atomic E-state index is 0.0777. The van der Waals surface area contributed by atoms with Gasteiger partial charge in [-0.25, -0.2) is 0 Å². The first-order valence-electron chi connectivity index (χ1n) is 10.2. The molecule has 1 heterocycles. The molecule has 0 aliphatic carbocycles. The quantitative estimate of drug-likeness (QED) is 0.555. The van der Waals surface area contributed by atoms with Gasteiger partial charge in [-0.05, 0) is 54.1 Å². The molecule has 1 saturated heterocycles. The Hall–Kier alpha value is -3.26. The fourth-order valence-corrected chi connectivity index (χ4v) is 3.85. The van der Waals surface area contributed by atoms with Crippen molar-refractivity contribution in [2.24, 2.45) is 0 Å². The van der Waals surface area contributed by atoms with Crippen LogP contribution >= 0.6 is 0 Å². The second-order valence-corrected chi connectivity index (χ2v) is 7.44. The number of ether oxygens (including phenoxy) is 1. The summed E-state index contributed by atoms with van der Waals surface area (Å²) in [6.45, 7) is 0.905. The summed E-state index contributed by atoms with van der Waals surface area (Å²) >= 11 is 0. The zero-order chi connectivity index (χ0) is 20.8. The molecule has 3 aromatic carbocycles. The Morgan fingerprint density at radius 1 is 0.867 bits per heavy atom. The Balaban J connectivity index is 1.41. The van der Waals surface area contributed by atoms with Crippen molar-refractivity contribution in [3.63, 3.8) is 0 Å². The van der Waals surface area contributed by atoms with Gasteiger partial charge in [0.15, 0.2) is 0 Å². The van der Waals surface area contributed by atoms with E-state index in [2.05, 4.69) is 46.7 Å². The van der Waals surface area contributed by atoms with Crippen LogP contribution in [-0.4, -0.2) is 37.5 Å². The Labute approximate surface area is 177 Å². The zero-order valence-corrected chi connectivity index (χ0v) is 17.0. The number of nitrogens with one attached hydrogen (secondary N) is 2. The van der Waals surface area contributed by atoms with E-state index >= 15 is 0 Å². The van der Waals surface area contributed by atoms with Crippen LogP contribution in [0.4, 0.5) is 5.69 Å². The van der Waals surface area contributed by atoms with Gasteiger partial charge < -0.3 is 20.5 Å². The van der Waals surface area contributed by atoms with E-state index in [0.29, 0.717) is 0 Å². The highest BCUT2D eigenvalue weighted by atomic mass is 16.5. The van der Waals surface area contributed by atoms with Crippen LogP contribution in [0.15, 0.2) is 78.9 Å². The topological polar surface area (TPSA) is 53.5 Å². The van der Waals surface area contributed by atoms with E-state index in [9.17, 15) is 5.11 Å². The molecule has 3 N–H and O–H groups in total. The number of hydrogen-bond donors (Lipinski definition) is 3. The first-order chi connectivity index (χ1) is 14.8. The van der Waals surface area contributed by atoms with Gasteiger partial charge in [0.05, 0.1) is 13.7 Å². The second kappa shape index (κ2) is 9.49. The highest BCUT2D eigenvalue weighted by Crippen LogP contribution is 2.32. The lowest BCUT2D eigenvalue weighted by Gasteiger charge is -2.46. The smallest absolute Gasteiger partial charge is 0.119 e. The molecule has 0 bridgehead atoms. The Bertz CT molecular complexity index is 1000. The summed E-state index contributed by atoms with van der Waals surface area (Å²) in [5.74, 6) is 7.51. The van der Waals surface area contributed by atoms with Crippen LogP contribution in [0.2, 0.25) is 0 Å². The van der Waals surface area contributed by atoms with E-state index in [1.54, 1.807) is 7.11 Å². The molecule has 0 aromatic heterocycles. The summed E-state index contributed by atoms with van der Waals surface area (Å²) in [6, 6.07) is 26.6. The van der Waals surface area contributed by atoms with Crippen LogP contribution in [-0.2, 0) is 0 Å². The highest BCUT2D eigenvalue weighted by Gasteiger charge is 2.40. The van der Waals surface area contributed by atoms with Crippen molar-refractivity contribution in [1.82, 2.24) is 5.32 Å². The van der Waals surface area contributed by atoms with Crippen molar-refractivity contribution >= 4 is 5.69 Å². The van der Waals surface area contributed by atoms with Gasteiger partial charge in [0, 0.05) is 41.4 Å². The Morgan fingerprint density at radius 3 is 2.17 bits per heavy atom.